The van der Waals surface area contributed by atoms with E-state index in [0.717, 1.165) is 13.1 Å². The number of nitrogens with one attached hydrogen (secondary N) is 1. The molecule has 1 atom stereocenters. The van der Waals surface area contributed by atoms with Gasteiger partial charge in [-0.3, -0.25) is 9.69 Å². The minimum atomic E-state index is -0.347. The lowest BCUT2D eigenvalue weighted by Gasteiger charge is -2.34. The number of aliphatic hydroxyl groups is 1. The van der Waals surface area contributed by atoms with Crippen LogP contribution in [0.1, 0.15) is 6.42 Å². The van der Waals surface area contributed by atoms with Crippen LogP contribution < -0.4 is 10.2 Å². The summed E-state index contributed by atoms with van der Waals surface area (Å²) in [6.45, 7) is 3.82. The molecule has 2 aliphatic rings. The number of hydrogen-bond acceptors (Lipinski definition) is 4. The summed E-state index contributed by atoms with van der Waals surface area (Å²) in [4.78, 5) is 30.0. The van der Waals surface area contributed by atoms with Crippen molar-refractivity contribution in [1.29, 1.82) is 0 Å². The Kier molecular flexibility index (Phi) is 5.50. The van der Waals surface area contributed by atoms with E-state index in [2.05, 4.69) is 10.2 Å². The van der Waals surface area contributed by atoms with Crippen LogP contribution in [0, 0.1) is 5.82 Å². The monoisotopic (exact) mass is 350 g/mol. The molecule has 0 spiro atoms. The lowest BCUT2D eigenvalue weighted by molar-refractivity contribution is -0.117. The second-order valence-corrected chi connectivity index (χ2v) is 6.38. The van der Waals surface area contributed by atoms with Crippen LogP contribution in [0.3, 0.4) is 0 Å². The number of amides is 3. The van der Waals surface area contributed by atoms with Crippen molar-refractivity contribution in [2.45, 2.75) is 12.5 Å². The van der Waals surface area contributed by atoms with Crippen molar-refractivity contribution in [3.63, 3.8) is 0 Å². The largest absolute Gasteiger partial charge is 0.395 e. The van der Waals surface area contributed by atoms with Crippen LogP contribution in [0.2, 0.25) is 0 Å². The number of urea groups is 1. The highest BCUT2D eigenvalue weighted by Crippen LogP contribution is 2.22. The van der Waals surface area contributed by atoms with Crippen LogP contribution in [-0.4, -0.2) is 78.8 Å². The van der Waals surface area contributed by atoms with E-state index in [1.165, 1.54) is 12.1 Å². The normalized spacial score (nSPS) is 21.7. The first kappa shape index (κ1) is 17.6. The summed E-state index contributed by atoms with van der Waals surface area (Å²) in [5.41, 5.74) is 0.640. The number of piperazine rings is 1. The van der Waals surface area contributed by atoms with Gasteiger partial charge in [0.2, 0.25) is 5.91 Å². The van der Waals surface area contributed by atoms with E-state index in [0.29, 0.717) is 31.9 Å². The molecule has 2 aliphatic heterocycles. The highest BCUT2D eigenvalue weighted by Gasteiger charge is 2.33. The molecule has 1 aromatic carbocycles. The van der Waals surface area contributed by atoms with Gasteiger partial charge in [0.05, 0.1) is 12.6 Å². The van der Waals surface area contributed by atoms with Crippen LogP contribution in [0.4, 0.5) is 14.9 Å². The van der Waals surface area contributed by atoms with E-state index in [-0.39, 0.29) is 36.8 Å². The molecule has 8 heteroatoms. The number of β-amino-alcohol motifs (C(OH)–C–C–N with tert-alkyl or cyclic N) is 1. The fourth-order valence-corrected chi connectivity index (χ4v) is 3.26. The molecule has 2 saturated heterocycles. The molecule has 0 aliphatic carbocycles. The first-order valence-corrected chi connectivity index (χ1v) is 8.51. The number of halogens is 1. The smallest absolute Gasteiger partial charge is 0.317 e. The van der Waals surface area contributed by atoms with E-state index >= 15 is 0 Å². The molecule has 7 nitrogen and oxygen atoms in total. The van der Waals surface area contributed by atoms with Gasteiger partial charge in [-0.05, 0) is 24.3 Å². The Morgan fingerprint density at radius 2 is 1.88 bits per heavy atom. The highest BCUT2D eigenvalue weighted by atomic mass is 19.1. The number of rotatable bonds is 4. The van der Waals surface area contributed by atoms with Crippen molar-refractivity contribution in [3.8, 4) is 0 Å². The van der Waals surface area contributed by atoms with Crippen LogP contribution in [-0.2, 0) is 4.79 Å². The molecular weight excluding hydrogens is 327 g/mol. The lowest BCUT2D eigenvalue weighted by Crippen LogP contribution is -2.54. The maximum Gasteiger partial charge on any atom is 0.317 e. The molecule has 2 N–H and O–H groups in total. The van der Waals surface area contributed by atoms with E-state index in [1.807, 2.05) is 0 Å². The molecule has 0 aromatic heterocycles. The van der Waals surface area contributed by atoms with Crippen LogP contribution >= 0.6 is 0 Å². The van der Waals surface area contributed by atoms with Gasteiger partial charge in [-0.2, -0.15) is 0 Å². The van der Waals surface area contributed by atoms with Gasteiger partial charge in [0.25, 0.3) is 0 Å². The van der Waals surface area contributed by atoms with Gasteiger partial charge in [0, 0.05) is 51.4 Å². The molecule has 0 bridgehead atoms. The third-order valence-corrected chi connectivity index (χ3v) is 4.67. The van der Waals surface area contributed by atoms with Crippen molar-refractivity contribution in [2.24, 2.45) is 0 Å². The second-order valence-electron chi connectivity index (χ2n) is 6.38. The fourth-order valence-electron chi connectivity index (χ4n) is 3.26. The van der Waals surface area contributed by atoms with Crippen molar-refractivity contribution < 1.29 is 19.1 Å². The summed E-state index contributed by atoms with van der Waals surface area (Å²) in [6, 6.07) is 5.36. The van der Waals surface area contributed by atoms with Gasteiger partial charge in [0.15, 0.2) is 0 Å². The Bertz CT molecular complexity index is 617. The average Bonchev–Trinajstić information content (AvgIpc) is 2.97. The summed E-state index contributed by atoms with van der Waals surface area (Å²) in [5, 5.41) is 11.9. The number of nitrogens with zero attached hydrogens (tertiary/aromatic N) is 3. The predicted molar refractivity (Wildman–Crippen MR) is 90.8 cm³/mol. The molecule has 2 fully saturated rings. The number of aliphatic hydroxyl groups excluding tert-OH is 1. The molecule has 3 rings (SSSR count). The Morgan fingerprint density at radius 1 is 1.20 bits per heavy atom. The third-order valence-electron chi connectivity index (χ3n) is 4.67. The van der Waals surface area contributed by atoms with Gasteiger partial charge in [-0.1, -0.05) is 0 Å². The predicted octanol–water partition coefficient (Wildman–Crippen LogP) is 0.251. The maximum atomic E-state index is 13.0. The average molecular weight is 350 g/mol. The van der Waals surface area contributed by atoms with Crippen molar-refractivity contribution in [2.75, 3.05) is 50.8 Å². The molecule has 0 unspecified atom stereocenters. The Labute approximate surface area is 146 Å². The second kappa shape index (κ2) is 7.79. The van der Waals surface area contributed by atoms with E-state index in [4.69, 9.17) is 5.11 Å². The topological polar surface area (TPSA) is 76.1 Å². The van der Waals surface area contributed by atoms with Crippen molar-refractivity contribution in [3.05, 3.63) is 30.1 Å². The molecule has 2 heterocycles. The van der Waals surface area contributed by atoms with Gasteiger partial charge in [0.1, 0.15) is 5.82 Å². The molecule has 1 aromatic rings. The molecule has 3 amide bonds. The summed E-state index contributed by atoms with van der Waals surface area (Å²) in [7, 11) is 0. The standard InChI is InChI=1S/C17H23FN4O3/c18-13-1-3-15(4-2-13)22-12-14(11-16(22)24)19-17(25)21-7-5-20(6-8-21)9-10-23/h1-4,14,23H,5-12H2,(H,19,25)/t14-/m0/s1. The number of benzene rings is 1. The van der Waals surface area contributed by atoms with Crippen LogP contribution in [0.15, 0.2) is 24.3 Å². The van der Waals surface area contributed by atoms with Gasteiger partial charge in [-0.15, -0.1) is 0 Å². The van der Waals surface area contributed by atoms with Crippen molar-refractivity contribution in [1.82, 2.24) is 15.1 Å². The minimum absolute atomic E-state index is 0.0790. The zero-order valence-electron chi connectivity index (χ0n) is 14.0. The molecule has 136 valence electrons. The SMILES string of the molecule is O=C(N[C@H]1CC(=O)N(c2ccc(F)cc2)C1)N1CCN(CCO)CC1. The Hall–Kier alpha value is -2.19. The zero-order chi connectivity index (χ0) is 17.8. The quantitative estimate of drug-likeness (QED) is 0.816. The first-order chi connectivity index (χ1) is 12.1. The van der Waals surface area contributed by atoms with Gasteiger partial charge in [-0.25, -0.2) is 9.18 Å². The molecule has 0 radical (unpaired) electrons. The Morgan fingerprint density at radius 3 is 2.52 bits per heavy atom. The number of carbonyl (C=O) groups excluding carboxylic acids is 2. The van der Waals surface area contributed by atoms with E-state index in [9.17, 15) is 14.0 Å². The van der Waals surface area contributed by atoms with Crippen LogP contribution in [0.25, 0.3) is 0 Å². The summed E-state index contributed by atoms with van der Waals surface area (Å²) >= 11 is 0. The summed E-state index contributed by atoms with van der Waals surface area (Å²) in [6.07, 6.45) is 0.244. The maximum absolute atomic E-state index is 13.0. The summed E-state index contributed by atoms with van der Waals surface area (Å²) in [5.74, 6) is -0.426. The van der Waals surface area contributed by atoms with Crippen LogP contribution in [0.5, 0.6) is 0 Å². The minimum Gasteiger partial charge on any atom is -0.395 e. The van der Waals surface area contributed by atoms with E-state index < -0.39 is 0 Å². The molecule has 0 saturated carbocycles. The lowest BCUT2D eigenvalue weighted by atomic mass is 10.2. The fraction of sp³-hybridized carbons (Fsp3) is 0.529. The van der Waals surface area contributed by atoms with Gasteiger partial charge >= 0.3 is 6.03 Å². The van der Waals surface area contributed by atoms with E-state index in [1.54, 1.807) is 21.9 Å². The van der Waals surface area contributed by atoms with Gasteiger partial charge < -0.3 is 20.2 Å². The molecule has 25 heavy (non-hydrogen) atoms. The third kappa shape index (κ3) is 4.26. The summed E-state index contributed by atoms with van der Waals surface area (Å²) < 4.78 is 13.0. The Balaban J connectivity index is 1.51. The van der Waals surface area contributed by atoms with Crippen molar-refractivity contribution >= 4 is 17.6 Å². The first-order valence-electron chi connectivity index (χ1n) is 8.51. The number of carbonyl (C=O) groups is 2. The highest BCUT2D eigenvalue weighted by molar-refractivity contribution is 5.96. The zero-order valence-corrected chi connectivity index (χ0v) is 14.0. The number of hydrogen-bond donors (Lipinski definition) is 2. The molecular formula is C17H23FN4O3. The number of anilines is 1.